The largest absolute Gasteiger partial charge is 0.288 e. The lowest BCUT2D eigenvalue weighted by atomic mass is 10.1. The summed E-state index contributed by atoms with van der Waals surface area (Å²) < 4.78 is 0. The topological polar surface area (TPSA) is 67.5 Å². The van der Waals surface area contributed by atoms with E-state index in [0.717, 1.165) is 0 Å². The zero-order valence-electron chi connectivity index (χ0n) is 5.53. The molecule has 0 heterocycles. The number of nitriles is 2. The van der Waals surface area contributed by atoms with E-state index in [0.29, 0.717) is 5.56 Å². The summed E-state index contributed by atoms with van der Waals surface area (Å²) in [5.41, 5.74) is 0.352. The van der Waals surface area contributed by atoms with Crippen molar-refractivity contribution in [1.82, 2.24) is 0 Å². The number of rotatable bonds is 0. The third-order valence-corrected chi connectivity index (χ3v) is 1.23. The average molecular weight is 143 g/mol. The van der Waals surface area contributed by atoms with Gasteiger partial charge in [0.2, 0.25) is 0 Å². The molecule has 0 spiro atoms. The Balaban J connectivity index is 3.29. The molecule has 0 amide bonds. The first-order valence-electron chi connectivity index (χ1n) is 2.89. The van der Waals surface area contributed by atoms with Gasteiger partial charge in [-0.3, -0.25) is 5.11 Å². The van der Waals surface area contributed by atoms with Crippen molar-refractivity contribution in [1.29, 1.82) is 10.5 Å². The summed E-state index contributed by atoms with van der Waals surface area (Å²) in [7, 11) is 0. The average Bonchev–Trinajstić information content (AvgIpc) is 2.05. The zero-order chi connectivity index (χ0) is 8.27. The Bertz CT molecular complexity index is 357. The summed E-state index contributed by atoms with van der Waals surface area (Å²) in [4.78, 5) is 0. The van der Waals surface area contributed by atoms with E-state index < -0.39 is 0 Å². The fourth-order valence-corrected chi connectivity index (χ4v) is 0.687. The molecule has 1 rings (SSSR count). The molecule has 1 aromatic carbocycles. The molecule has 51 valence electrons. The lowest BCUT2D eigenvalue weighted by Crippen LogP contribution is -1.77. The maximum absolute atomic E-state index is 10.8. The standard InChI is InChI=1S/C8H3N2O/c9-4-6-1-2-8(11)7(3-6)5-10/h1-3H. The van der Waals surface area contributed by atoms with Gasteiger partial charge in [0.25, 0.3) is 0 Å². The highest BCUT2D eigenvalue weighted by Crippen LogP contribution is 2.17. The highest BCUT2D eigenvalue weighted by Gasteiger charge is 2.01. The molecule has 11 heavy (non-hydrogen) atoms. The first-order valence-corrected chi connectivity index (χ1v) is 2.89. The molecule has 0 aromatic heterocycles. The molecule has 0 bridgehead atoms. The van der Waals surface area contributed by atoms with E-state index in [1.165, 1.54) is 18.2 Å². The van der Waals surface area contributed by atoms with Gasteiger partial charge in [-0.25, -0.2) is 0 Å². The van der Waals surface area contributed by atoms with E-state index in [9.17, 15) is 5.11 Å². The molecule has 0 atom stereocenters. The molecule has 0 saturated carbocycles. The molecule has 3 nitrogen and oxygen atoms in total. The van der Waals surface area contributed by atoms with E-state index in [2.05, 4.69) is 0 Å². The van der Waals surface area contributed by atoms with Gasteiger partial charge in [0.1, 0.15) is 11.6 Å². The molecule has 1 radical (unpaired) electrons. The van der Waals surface area contributed by atoms with Gasteiger partial charge in [0.15, 0.2) is 5.75 Å². The molecule has 0 fully saturated rings. The Hall–Kier alpha value is -2.00. The van der Waals surface area contributed by atoms with E-state index in [-0.39, 0.29) is 11.3 Å². The Labute approximate surface area is 63.7 Å². The highest BCUT2D eigenvalue weighted by molar-refractivity contribution is 5.47. The Kier molecular flexibility index (Phi) is 1.76. The van der Waals surface area contributed by atoms with Crippen LogP contribution < -0.4 is 0 Å². The van der Waals surface area contributed by atoms with Crippen LogP contribution in [0.15, 0.2) is 18.2 Å². The third kappa shape index (κ3) is 1.28. The maximum atomic E-state index is 10.8. The Morgan fingerprint density at radius 1 is 1.18 bits per heavy atom. The van der Waals surface area contributed by atoms with Crippen LogP contribution in [0.4, 0.5) is 0 Å². The molecule has 1 aromatic rings. The first kappa shape index (κ1) is 7.11. The van der Waals surface area contributed by atoms with Gasteiger partial charge in [-0.05, 0) is 18.2 Å². The molecule has 0 aliphatic carbocycles. The van der Waals surface area contributed by atoms with Crippen LogP contribution in [0.1, 0.15) is 11.1 Å². The summed E-state index contributed by atoms with van der Waals surface area (Å²) in [6.45, 7) is 0. The predicted octanol–water partition coefficient (Wildman–Crippen LogP) is 1.57. The maximum Gasteiger partial charge on any atom is 0.196 e. The van der Waals surface area contributed by atoms with E-state index >= 15 is 0 Å². The minimum absolute atomic E-state index is 0.0176. The van der Waals surface area contributed by atoms with Crippen molar-refractivity contribution in [3.05, 3.63) is 29.3 Å². The van der Waals surface area contributed by atoms with Crippen molar-refractivity contribution in [2.75, 3.05) is 0 Å². The second-order valence-corrected chi connectivity index (χ2v) is 1.93. The second kappa shape index (κ2) is 2.72. The van der Waals surface area contributed by atoms with Crippen LogP contribution in [-0.2, 0) is 5.11 Å². The van der Waals surface area contributed by atoms with Crippen molar-refractivity contribution in [2.45, 2.75) is 0 Å². The number of nitrogens with zero attached hydrogens (tertiary/aromatic N) is 2. The quantitative estimate of drug-likeness (QED) is 0.553. The van der Waals surface area contributed by atoms with Crippen molar-refractivity contribution >= 4 is 0 Å². The Morgan fingerprint density at radius 2 is 1.91 bits per heavy atom. The Morgan fingerprint density at radius 3 is 2.45 bits per heavy atom. The van der Waals surface area contributed by atoms with Gasteiger partial charge in [0.05, 0.1) is 11.6 Å². The molecule has 0 unspecified atom stereocenters. The van der Waals surface area contributed by atoms with Gasteiger partial charge >= 0.3 is 0 Å². The highest BCUT2D eigenvalue weighted by atomic mass is 16.3. The van der Waals surface area contributed by atoms with Crippen molar-refractivity contribution in [2.24, 2.45) is 0 Å². The van der Waals surface area contributed by atoms with Crippen LogP contribution in [0.2, 0.25) is 0 Å². The lowest BCUT2D eigenvalue weighted by Gasteiger charge is -1.90. The van der Waals surface area contributed by atoms with Gasteiger partial charge in [0, 0.05) is 0 Å². The van der Waals surface area contributed by atoms with Gasteiger partial charge in [-0.15, -0.1) is 0 Å². The predicted molar refractivity (Wildman–Crippen MR) is 36.0 cm³/mol. The SMILES string of the molecule is N#Cc1ccc([O])c(C#N)c1. The van der Waals surface area contributed by atoms with Crippen LogP contribution in [0.5, 0.6) is 5.75 Å². The van der Waals surface area contributed by atoms with E-state index in [4.69, 9.17) is 10.5 Å². The minimum Gasteiger partial charge on any atom is -0.288 e. The molecular formula is C8H3N2O. The van der Waals surface area contributed by atoms with Crippen molar-refractivity contribution in [3.8, 4) is 17.9 Å². The summed E-state index contributed by atoms with van der Waals surface area (Å²) in [5.74, 6) is -0.341. The number of hydrogen-bond donors (Lipinski definition) is 0. The van der Waals surface area contributed by atoms with Crippen LogP contribution in [0.3, 0.4) is 0 Å². The zero-order valence-corrected chi connectivity index (χ0v) is 5.53. The molecular weight excluding hydrogens is 140 g/mol. The summed E-state index contributed by atoms with van der Waals surface area (Å²) in [6.07, 6.45) is 0. The fourth-order valence-electron chi connectivity index (χ4n) is 0.687. The van der Waals surface area contributed by atoms with Crippen molar-refractivity contribution in [3.63, 3.8) is 0 Å². The lowest BCUT2D eigenvalue weighted by molar-refractivity contribution is 0.353. The van der Waals surface area contributed by atoms with Gasteiger partial charge in [-0.1, -0.05) is 0 Å². The molecule has 0 aliphatic heterocycles. The molecule has 0 aliphatic rings. The normalized spacial score (nSPS) is 8.18. The number of benzene rings is 1. The van der Waals surface area contributed by atoms with Crippen LogP contribution >= 0.6 is 0 Å². The third-order valence-electron chi connectivity index (χ3n) is 1.23. The molecule has 0 N–H and O–H groups in total. The minimum atomic E-state index is -0.341. The van der Waals surface area contributed by atoms with Crippen LogP contribution in [-0.4, -0.2) is 0 Å². The smallest absolute Gasteiger partial charge is 0.196 e. The molecule has 0 saturated heterocycles. The number of hydrogen-bond acceptors (Lipinski definition) is 2. The summed E-state index contributed by atoms with van der Waals surface area (Å²) in [6, 6.07) is 7.44. The van der Waals surface area contributed by atoms with E-state index in [1.54, 1.807) is 6.07 Å². The van der Waals surface area contributed by atoms with Gasteiger partial charge in [-0.2, -0.15) is 10.5 Å². The first-order chi connectivity index (χ1) is 5.27. The molecule has 3 heteroatoms. The van der Waals surface area contributed by atoms with Crippen LogP contribution in [0, 0.1) is 22.7 Å². The second-order valence-electron chi connectivity index (χ2n) is 1.93. The van der Waals surface area contributed by atoms with Gasteiger partial charge < -0.3 is 0 Å². The summed E-state index contributed by atoms with van der Waals surface area (Å²) in [5, 5.41) is 27.6. The monoisotopic (exact) mass is 143 g/mol. The van der Waals surface area contributed by atoms with E-state index in [1.807, 2.05) is 6.07 Å². The van der Waals surface area contributed by atoms with Crippen molar-refractivity contribution < 1.29 is 5.11 Å². The van der Waals surface area contributed by atoms with Crippen LogP contribution in [0.25, 0.3) is 0 Å². The summed E-state index contributed by atoms with van der Waals surface area (Å²) >= 11 is 0. The fraction of sp³-hybridized carbons (Fsp3) is 0.